The number of hydrogen-bond acceptors (Lipinski definition) is 5. The van der Waals surface area contributed by atoms with Gasteiger partial charge >= 0.3 is 0 Å². The number of nitrogens with zero attached hydrogens (tertiary/aromatic N) is 2. The van der Waals surface area contributed by atoms with Gasteiger partial charge in [0.25, 0.3) is 0 Å². The maximum atomic E-state index is 13.5. The molecule has 3 rings (SSSR count). The van der Waals surface area contributed by atoms with E-state index in [1.54, 1.807) is 20.3 Å². The predicted octanol–water partition coefficient (Wildman–Crippen LogP) is 2.30. The van der Waals surface area contributed by atoms with Gasteiger partial charge in [0.05, 0.1) is 26.5 Å². The molecular formula is C18H24FN3O3. The lowest BCUT2D eigenvalue weighted by molar-refractivity contribution is 0.0983. The topological polar surface area (TPSA) is 57.5 Å². The summed E-state index contributed by atoms with van der Waals surface area (Å²) in [7, 11) is 3.26. The van der Waals surface area contributed by atoms with E-state index in [9.17, 15) is 4.39 Å². The molecule has 2 aromatic rings. The fraction of sp³-hybridized carbons (Fsp3) is 0.500. The molecule has 0 unspecified atom stereocenters. The van der Waals surface area contributed by atoms with E-state index in [1.807, 2.05) is 17.1 Å². The average molecular weight is 349 g/mol. The Labute approximate surface area is 146 Å². The summed E-state index contributed by atoms with van der Waals surface area (Å²) in [5.74, 6) is 0.410. The van der Waals surface area contributed by atoms with Crippen molar-refractivity contribution in [2.45, 2.75) is 31.7 Å². The van der Waals surface area contributed by atoms with E-state index in [0.29, 0.717) is 32.1 Å². The van der Waals surface area contributed by atoms with Crippen molar-refractivity contribution in [1.29, 1.82) is 0 Å². The van der Waals surface area contributed by atoms with Crippen molar-refractivity contribution in [2.24, 2.45) is 0 Å². The number of ether oxygens (including phenoxy) is 3. The maximum absolute atomic E-state index is 13.5. The van der Waals surface area contributed by atoms with Crippen molar-refractivity contribution in [3.05, 3.63) is 47.5 Å². The molecule has 6 nitrogen and oxygen atoms in total. The monoisotopic (exact) mass is 349 g/mol. The van der Waals surface area contributed by atoms with E-state index in [4.69, 9.17) is 14.2 Å². The zero-order valence-electron chi connectivity index (χ0n) is 14.6. The molecule has 0 saturated carbocycles. The predicted molar refractivity (Wildman–Crippen MR) is 91.0 cm³/mol. The molecular weight excluding hydrogens is 325 g/mol. The Morgan fingerprint density at radius 2 is 2.28 bits per heavy atom. The van der Waals surface area contributed by atoms with Crippen molar-refractivity contribution < 1.29 is 18.6 Å². The van der Waals surface area contributed by atoms with Crippen LogP contribution in [0.3, 0.4) is 0 Å². The Hall–Kier alpha value is -1.96. The fourth-order valence-corrected chi connectivity index (χ4v) is 3.09. The second kappa shape index (κ2) is 8.42. The third kappa shape index (κ3) is 4.36. The number of aromatic nitrogens is 2. The average Bonchev–Trinajstić information content (AvgIpc) is 3.27. The smallest absolute Gasteiger partial charge is 0.123 e. The van der Waals surface area contributed by atoms with Crippen LogP contribution in [0.4, 0.5) is 4.39 Å². The number of benzene rings is 1. The quantitative estimate of drug-likeness (QED) is 0.792. The molecule has 1 aromatic heterocycles. The molecule has 0 amide bonds. The number of nitrogens with one attached hydrogen (secondary N) is 1. The van der Waals surface area contributed by atoms with Gasteiger partial charge in [-0.2, -0.15) is 5.10 Å². The van der Waals surface area contributed by atoms with E-state index in [2.05, 4.69) is 10.4 Å². The molecule has 0 aliphatic carbocycles. The van der Waals surface area contributed by atoms with E-state index in [0.717, 1.165) is 17.5 Å². The highest BCUT2D eigenvalue weighted by Gasteiger charge is 2.30. The summed E-state index contributed by atoms with van der Waals surface area (Å²) in [6.07, 6.45) is 4.66. The molecule has 0 spiro atoms. The SMILES string of the molecule is COCCn1cc([C@H]2OCC[C@@H]2NCc2cc(F)ccc2OC)cn1. The van der Waals surface area contributed by atoms with Crippen LogP contribution in [0, 0.1) is 5.82 Å². The largest absolute Gasteiger partial charge is 0.496 e. The molecule has 7 heteroatoms. The first kappa shape index (κ1) is 17.8. The Morgan fingerprint density at radius 3 is 3.08 bits per heavy atom. The first-order valence-electron chi connectivity index (χ1n) is 8.40. The highest BCUT2D eigenvalue weighted by molar-refractivity contribution is 5.34. The van der Waals surface area contributed by atoms with E-state index in [1.165, 1.54) is 12.1 Å². The van der Waals surface area contributed by atoms with Crippen molar-refractivity contribution in [2.75, 3.05) is 27.4 Å². The summed E-state index contributed by atoms with van der Waals surface area (Å²) in [6, 6.07) is 4.69. The summed E-state index contributed by atoms with van der Waals surface area (Å²) < 4.78 is 31.6. The van der Waals surface area contributed by atoms with Crippen molar-refractivity contribution in [3.63, 3.8) is 0 Å². The Kier molecular flexibility index (Phi) is 6.01. The van der Waals surface area contributed by atoms with Crippen LogP contribution >= 0.6 is 0 Å². The first-order valence-corrected chi connectivity index (χ1v) is 8.40. The Morgan fingerprint density at radius 1 is 1.40 bits per heavy atom. The molecule has 1 N–H and O–H groups in total. The summed E-state index contributed by atoms with van der Waals surface area (Å²) in [5, 5.41) is 7.82. The van der Waals surface area contributed by atoms with Gasteiger partial charge in [0, 0.05) is 43.6 Å². The summed E-state index contributed by atoms with van der Waals surface area (Å²) in [5.41, 5.74) is 1.83. The van der Waals surface area contributed by atoms with E-state index < -0.39 is 0 Å². The molecule has 1 fully saturated rings. The van der Waals surface area contributed by atoms with Crippen molar-refractivity contribution in [3.8, 4) is 5.75 Å². The van der Waals surface area contributed by atoms with Crippen LogP contribution in [0.25, 0.3) is 0 Å². The first-order chi connectivity index (χ1) is 12.2. The van der Waals surface area contributed by atoms with Crippen LogP contribution in [0.2, 0.25) is 0 Å². The van der Waals surface area contributed by atoms with Crippen LogP contribution in [-0.4, -0.2) is 43.3 Å². The molecule has 2 heterocycles. The maximum Gasteiger partial charge on any atom is 0.123 e. The normalized spacial score (nSPS) is 20.1. The van der Waals surface area contributed by atoms with Crippen molar-refractivity contribution in [1.82, 2.24) is 15.1 Å². The van der Waals surface area contributed by atoms with Crippen LogP contribution in [-0.2, 0) is 22.6 Å². The van der Waals surface area contributed by atoms with Crippen LogP contribution in [0.5, 0.6) is 5.75 Å². The minimum Gasteiger partial charge on any atom is -0.496 e. The molecule has 1 aromatic carbocycles. The number of methoxy groups -OCH3 is 2. The van der Waals surface area contributed by atoms with Gasteiger partial charge in [0.15, 0.2) is 0 Å². The van der Waals surface area contributed by atoms with Gasteiger partial charge in [-0.25, -0.2) is 4.39 Å². The minimum absolute atomic E-state index is 0.0594. The van der Waals surface area contributed by atoms with Gasteiger partial charge < -0.3 is 19.5 Å². The van der Waals surface area contributed by atoms with Gasteiger partial charge in [-0.3, -0.25) is 4.68 Å². The lowest BCUT2D eigenvalue weighted by Crippen LogP contribution is -2.31. The Bertz CT molecular complexity index is 692. The number of hydrogen-bond donors (Lipinski definition) is 1. The second-order valence-electron chi connectivity index (χ2n) is 6.05. The molecule has 1 aliphatic rings. The zero-order valence-corrected chi connectivity index (χ0v) is 14.6. The minimum atomic E-state index is -0.267. The number of rotatable bonds is 8. The van der Waals surface area contributed by atoms with Crippen LogP contribution < -0.4 is 10.1 Å². The van der Waals surface area contributed by atoms with E-state index >= 15 is 0 Å². The van der Waals surface area contributed by atoms with E-state index in [-0.39, 0.29) is 18.0 Å². The van der Waals surface area contributed by atoms with Gasteiger partial charge in [0.2, 0.25) is 0 Å². The molecule has 0 bridgehead atoms. The Balaban J connectivity index is 1.64. The molecule has 25 heavy (non-hydrogen) atoms. The standard InChI is InChI=1S/C18H24FN3O3/c1-23-8-6-22-12-14(11-21-22)18-16(5-7-25-18)20-10-13-9-15(19)3-4-17(13)24-2/h3-4,9,11-12,16,18,20H,5-8,10H2,1-2H3/t16-,18+/m0/s1. The third-order valence-electron chi connectivity index (χ3n) is 4.40. The third-order valence-corrected chi connectivity index (χ3v) is 4.40. The number of halogens is 1. The lowest BCUT2D eigenvalue weighted by atomic mass is 10.0. The van der Waals surface area contributed by atoms with Crippen LogP contribution in [0.1, 0.15) is 23.7 Å². The molecule has 2 atom stereocenters. The fourth-order valence-electron chi connectivity index (χ4n) is 3.09. The summed E-state index contributed by atoms with van der Waals surface area (Å²) in [4.78, 5) is 0. The van der Waals surface area contributed by atoms with Crippen molar-refractivity contribution >= 4 is 0 Å². The molecule has 1 saturated heterocycles. The lowest BCUT2D eigenvalue weighted by Gasteiger charge is -2.19. The zero-order chi connectivity index (χ0) is 17.6. The van der Waals surface area contributed by atoms with Gasteiger partial charge in [0.1, 0.15) is 17.7 Å². The van der Waals surface area contributed by atoms with Gasteiger partial charge in [-0.05, 0) is 24.6 Å². The van der Waals surface area contributed by atoms with Crippen LogP contribution in [0.15, 0.2) is 30.6 Å². The highest BCUT2D eigenvalue weighted by Crippen LogP contribution is 2.29. The molecule has 136 valence electrons. The molecule has 1 aliphatic heterocycles. The highest BCUT2D eigenvalue weighted by atomic mass is 19.1. The van der Waals surface area contributed by atoms with Gasteiger partial charge in [-0.15, -0.1) is 0 Å². The summed E-state index contributed by atoms with van der Waals surface area (Å²) >= 11 is 0. The summed E-state index contributed by atoms with van der Waals surface area (Å²) in [6.45, 7) is 2.53. The second-order valence-corrected chi connectivity index (χ2v) is 6.05. The molecule has 0 radical (unpaired) electrons. The van der Waals surface area contributed by atoms with Gasteiger partial charge in [-0.1, -0.05) is 0 Å².